The molecule has 1 aromatic heterocycles. The molecule has 1 heterocycles. The molecule has 0 aliphatic heterocycles. The SMILES string of the molecule is C/C(Cl)=C/CSC(=S)n1cccc1. The standard InChI is InChI=1S/C9H10ClNS2/c1-8(10)4-7-13-9(12)11-5-2-3-6-11/h2-6H,7H2,1H3/b8-4-. The molecule has 0 spiro atoms. The molecule has 0 bridgehead atoms. The van der Waals surface area contributed by atoms with Crippen LogP contribution >= 0.6 is 35.6 Å². The maximum atomic E-state index is 5.68. The number of allylic oxidation sites excluding steroid dienone is 1. The Morgan fingerprint density at radius 1 is 1.54 bits per heavy atom. The van der Waals surface area contributed by atoms with E-state index in [1.54, 1.807) is 11.8 Å². The molecule has 0 N–H and O–H groups in total. The molecule has 1 rings (SSSR count). The molecule has 0 radical (unpaired) electrons. The van der Waals surface area contributed by atoms with Crippen LogP contribution in [-0.4, -0.2) is 14.6 Å². The van der Waals surface area contributed by atoms with Crippen LogP contribution in [0.25, 0.3) is 0 Å². The summed E-state index contributed by atoms with van der Waals surface area (Å²) in [6, 6.07) is 3.91. The van der Waals surface area contributed by atoms with E-state index in [0.717, 1.165) is 15.1 Å². The van der Waals surface area contributed by atoms with Crippen LogP contribution in [0.4, 0.5) is 0 Å². The molecule has 70 valence electrons. The predicted octanol–water partition coefficient (Wildman–Crippen LogP) is 3.50. The van der Waals surface area contributed by atoms with Crippen molar-refractivity contribution in [2.45, 2.75) is 6.92 Å². The Balaban J connectivity index is 2.39. The smallest absolute Gasteiger partial charge is 0.144 e. The molecular formula is C9H10ClNS2. The Kier molecular flexibility index (Phi) is 4.56. The van der Waals surface area contributed by atoms with E-state index in [0.29, 0.717) is 0 Å². The summed E-state index contributed by atoms with van der Waals surface area (Å²) in [7, 11) is 0. The van der Waals surface area contributed by atoms with Crippen LogP contribution in [0, 0.1) is 0 Å². The first-order chi connectivity index (χ1) is 6.20. The molecule has 1 aromatic rings. The van der Waals surface area contributed by atoms with Crippen molar-refractivity contribution in [3.8, 4) is 0 Å². The minimum atomic E-state index is 0.808. The normalized spacial score (nSPS) is 11.7. The quantitative estimate of drug-likeness (QED) is 0.718. The van der Waals surface area contributed by atoms with Gasteiger partial charge in [-0.2, -0.15) is 0 Å². The van der Waals surface area contributed by atoms with Crippen LogP contribution in [0.3, 0.4) is 0 Å². The molecule has 0 amide bonds. The number of thioether (sulfide) groups is 1. The van der Waals surface area contributed by atoms with Gasteiger partial charge in [-0.25, -0.2) is 0 Å². The molecule has 4 heteroatoms. The second-order valence-electron chi connectivity index (χ2n) is 2.46. The number of hydrogen-bond donors (Lipinski definition) is 0. The third-order valence-electron chi connectivity index (χ3n) is 1.39. The molecule has 0 aliphatic carbocycles. The molecule has 0 aromatic carbocycles. The molecular weight excluding hydrogens is 222 g/mol. The zero-order chi connectivity index (χ0) is 9.68. The Bertz CT molecular complexity index is 299. The first kappa shape index (κ1) is 10.8. The van der Waals surface area contributed by atoms with Crippen LogP contribution in [0.1, 0.15) is 6.92 Å². The summed E-state index contributed by atoms with van der Waals surface area (Å²) in [4.78, 5) is 0. The third kappa shape index (κ3) is 3.98. The first-order valence-corrected chi connectivity index (χ1v) is 5.59. The minimum absolute atomic E-state index is 0.808. The van der Waals surface area contributed by atoms with Crippen molar-refractivity contribution < 1.29 is 0 Å². The van der Waals surface area contributed by atoms with Gasteiger partial charge >= 0.3 is 0 Å². The van der Waals surface area contributed by atoms with E-state index in [2.05, 4.69) is 0 Å². The van der Waals surface area contributed by atoms with Crippen LogP contribution in [0.15, 0.2) is 35.6 Å². The number of hydrogen-bond acceptors (Lipinski definition) is 2. The summed E-state index contributed by atoms with van der Waals surface area (Å²) in [5, 5.41) is 0.808. The van der Waals surface area contributed by atoms with Gasteiger partial charge in [0.1, 0.15) is 4.32 Å². The highest BCUT2D eigenvalue weighted by atomic mass is 35.5. The van der Waals surface area contributed by atoms with Gasteiger partial charge in [0, 0.05) is 23.2 Å². The molecule has 0 unspecified atom stereocenters. The summed E-state index contributed by atoms with van der Waals surface area (Å²) in [6.45, 7) is 1.86. The molecule has 0 atom stereocenters. The summed E-state index contributed by atoms with van der Waals surface area (Å²) < 4.78 is 2.76. The van der Waals surface area contributed by atoms with Crippen molar-refractivity contribution in [1.29, 1.82) is 0 Å². The highest BCUT2D eigenvalue weighted by Gasteiger charge is 1.96. The van der Waals surface area contributed by atoms with E-state index in [1.807, 2.05) is 42.1 Å². The fraction of sp³-hybridized carbons (Fsp3) is 0.222. The van der Waals surface area contributed by atoms with Crippen LogP contribution < -0.4 is 0 Å². The van der Waals surface area contributed by atoms with Crippen molar-refractivity contribution in [3.05, 3.63) is 35.6 Å². The lowest BCUT2D eigenvalue weighted by Gasteiger charge is -2.01. The van der Waals surface area contributed by atoms with E-state index in [-0.39, 0.29) is 0 Å². The molecule has 0 aliphatic rings. The van der Waals surface area contributed by atoms with Crippen molar-refractivity contribution in [3.63, 3.8) is 0 Å². The minimum Gasteiger partial charge on any atom is -0.310 e. The van der Waals surface area contributed by atoms with Gasteiger partial charge in [-0.05, 0) is 19.1 Å². The second kappa shape index (κ2) is 5.47. The fourth-order valence-corrected chi connectivity index (χ4v) is 2.00. The number of nitrogens with zero attached hydrogens (tertiary/aromatic N) is 1. The Morgan fingerprint density at radius 3 is 2.69 bits per heavy atom. The largest absolute Gasteiger partial charge is 0.310 e. The summed E-state index contributed by atoms with van der Waals surface area (Å²) >= 11 is 12.5. The van der Waals surface area contributed by atoms with Crippen molar-refractivity contribution in [1.82, 2.24) is 4.57 Å². The number of rotatable bonds is 2. The summed E-state index contributed by atoms with van der Waals surface area (Å²) in [6.07, 6.45) is 5.82. The highest BCUT2D eigenvalue weighted by Crippen LogP contribution is 2.10. The van der Waals surface area contributed by atoms with Gasteiger partial charge in [0.05, 0.1) is 0 Å². The molecule has 0 saturated heterocycles. The zero-order valence-electron chi connectivity index (χ0n) is 7.24. The number of aromatic nitrogens is 1. The summed E-state index contributed by atoms with van der Waals surface area (Å²) in [5.74, 6) is 0.826. The maximum Gasteiger partial charge on any atom is 0.144 e. The molecule has 13 heavy (non-hydrogen) atoms. The van der Waals surface area contributed by atoms with Crippen LogP contribution in [-0.2, 0) is 0 Å². The molecule has 1 nitrogen and oxygen atoms in total. The van der Waals surface area contributed by atoms with Crippen molar-refractivity contribution >= 4 is 39.9 Å². The second-order valence-corrected chi connectivity index (χ2v) is 4.71. The lowest BCUT2D eigenvalue weighted by molar-refractivity contribution is 1.22. The maximum absolute atomic E-state index is 5.68. The first-order valence-electron chi connectivity index (χ1n) is 3.82. The van der Waals surface area contributed by atoms with Gasteiger partial charge in [-0.1, -0.05) is 41.7 Å². The molecule has 0 saturated carbocycles. The Hall–Kier alpha value is -0.250. The number of thiocarbonyl (C=S) groups is 1. The van der Waals surface area contributed by atoms with E-state index < -0.39 is 0 Å². The van der Waals surface area contributed by atoms with E-state index in [1.165, 1.54) is 0 Å². The lowest BCUT2D eigenvalue weighted by atomic mass is 10.6. The average molecular weight is 232 g/mol. The average Bonchev–Trinajstić information content (AvgIpc) is 2.55. The van der Waals surface area contributed by atoms with Gasteiger partial charge < -0.3 is 4.57 Å². The number of halogens is 1. The van der Waals surface area contributed by atoms with Crippen molar-refractivity contribution in [2.24, 2.45) is 0 Å². The van der Waals surface area contributed by atoms with Crippen LogP contribution in [0.5, 0.6) is 0 Å². The topological polar surface area (TPSA) is 4.93 Å². The van der Waals surface area contributed by atoms with Gasteiger partial charge in [0.15, 0.2) is 0 Å². The Labute approximate surface area is 92.8 Å². The zero-order valence-corrected chi connectivity index (χ0v) is 9.62. The van der Waals surface area contributed by atoms with Gasteiger partial charge in [-0.3, -0.25) is 0 Å². The van der Waals surface area contributed by atoms with E-state index in [4.69, 9.17) is 23.8 Å². The van der Waals surface area contributed by atoms with E-state index in [9.17, 15) is 0 Å². The van der Waals surface area contributed by atoms with Gasteiger partial charge in [0.2, 0.25) is 0 Å². The van der Waals surface area contributed by atoms with Crippen LogP contribution in [0.2, 0.25) is 0 Å². The third-order valence-corrected chi connectivity index (χ3v) is 2.90. The lowest BCUT2D eigenvalue weighted by Crippen LogP contribution is -2.01. The van der Waals surface area contributed by atoms with Gasteiger partial charge in [0.25, 0.3) is 0 Å². The summed E-state index contributed by atoms with van der Waals surface area (Å²) in [5.41, 5.74) is 0. The van der Waals surface area contributed by atoms with Crippen molar-refractivity contribution in [2.75, 3.05) is 5.75 Å². The molecule has 0 fully saturated rings. The Morgan fingerprint density at radius 2 is 2.15 bits per heavy atom. The predicted molar refractivity (Wildman–Crippen MR) is 64.5 cm³/mol. The monoisotopic (exact) mass is 231 g/mol. The fourth-order valence-electron chi connectivity index (χ4n) is 0.759. The van der Waals surface area contributed by atoms with E-state index >= 15 is 0 Å². The van der Waals surface area contributed by atoms with Gasteiger partial charge in [-0.15, -0.1) is 0 Å². The highest BCUT2D eigenvalue weighted by molar-refractivity contribution is 8.23.